The molecule has 0 amide bonds. The normalized spacial score (nSPS) is 12.2. The molecule has 0 saturated heterocycles. The first-order chi connectivity index (χ1) is 7.42. The lowest BCUT2D eigenvalue weighted by Crippen LogP contribution is -1.78. The summed E-state index contributed by atoms with van der Waals surface area (Å²) in [7, 11) is 0. The monoisotopic (exact) mass is 192 g/mol. The van der Waals surface area contributed by atoms with E-state index in [1.54, 1.807) is 0 Å². The molecule has 72 valence electrons. The molecule has 0 atom stereocenters. The Morgan fingerprint density at radius 1 is 0.667 bits per heavy atom. The minimum absolute atomic E-state index is 1.36. The molecule has 0 aromatic heterocycles. The van der Waals surface area contributed by atoms with E-state index in [1.165, 1.54) is 27.8 Å². The minimum atomic E-state index is 1.36. The molecule has 0 aliphatic heterocycles. The lowest BCUT2D eigenvalue weighted by Gasteiger charge is -1.99. The number of allylic oxidation sites excluding steroid dienone is 1. The van der Waals surface area contributed by atoms with Gasteiger partial charge in [0, 0.05) is 0 Å². The van der Waals surface area contributed by atoms with Gasteiger partial charge in [0.15, 0.2) is 0 Å². The highest BCUT2D eigenvalue weighted by atomic mass is 14.2. The maximum absolute atomic E-state index is 2.20. The molecule has 0 N–H and O–H groups in total. The molecule has 2 aromatic rings. The summed E-state index contributed by atoms with van der Waals surface area (Å²) in [5.41, 5.74) is 6.81. The highest BCUT2D eigenvalue weighted by Crippen LogP contribution is 2.43. The second-order valence-corrected chi connectivity index (χ2v) is 3.79. The standard InChI is InChI=1S/C15H12/c1-2-11-12-7-3-5-9-14(12)15-10-6-4-8-13(11)15/h2-10H,1H3. The van der Waals surface area contributed by atoms with Crippen LogP contribution in [0.25, 0.3) is 16.7 Å². The Morgan fingerprint density at radius 3 is 1.47 bits per heavy atom. The van der Waals surface area contributed by atoms with Crippen molar-refractivity contribution in [3.05, 3.63) is 65.7 Å². The third kappa shape index (κ3) is 1.08. The van der Waals surface area contributed by atoms with E-state index in [0.717, 1.165) is 0 Å². The van der Waals surface area contributed by atoms with Crippen LogP contribution in [0.3, 0.4) is 0 Å². The molecule has 15 heavy (non-hydrogen) atoms. The van der Waals surface area contributed by atoms with E-state index in [-0.39, 0.29) is 0 Å². The second-order valence-electron chi connectivity index (χ2n) is 3.79. The lowest BCUT2D eigenvalue weighted by atomic mass is 10.0. The van der Waals surface area contributed by atoms with Crippen LogP contribution in [0.1, 0.15) is 18.1 Å². The first-order valence-electron chi connectivity index (χ1n) is 5.27. The largest absolute Gasteiger partial charge is 0.0791 e. The van der Waals surface area contributed by atoms with Crippen molar-refractivity contribution in [2.45, 2.75) is 6.92 Å². The van der Waals surface area contributed by atoms with E-state index in [9.17, 15) is 0 Å². The van der Waals surface area contributed by atoms with Gasteiger partial charge >= 0.3 is 0 Å². The zero-order valence-corrected chi connectivity index (χ0v) is 8.70. The Morgan fingerprint density at radius 2 is 1.07 bits per heavy atom. The van der Waals surface area contributed by atoms with E-state index in [4.69, 9.17) is 0 Å². The molecular formula is C15H12. The molecule has 0 heterocycles. The summed E-state index contributed by atoms with van der Waals surface area (Å²) in [5, 5.41) is 0. The van der Waals surface area contributed by atoms with Crippen LogP contribution in [0.5, 0.6) is 0 Å². The van der Waals surface area contributed by atoms with Gasteiger partial charge in [-0.1, -0.05) is 54.6 Å². The van der Waals surface area contributed by atoms with Crippen molar-refractivity contribution in [3.8, 4) is 11.1 Å². The van der Waals surface area contributed by atoms with Crippen LogP contribution >= 0.6 is 0 Å². The number of benzene rings is 2. The van der Waals surface area contributed by atoms with Crippen molar-refractivity contribution in [2.24, 2.45) is 0 Å². The zero-order chi connectivity index (χ0) is 10.3. The summed E-state index contributed by atoms with van der Waals surface area (Å²) in [6.07, 6.45) is 2.20. The van der Waals surface area contributed by atoms with Gasteiger partial charge < -0.3 is 0 Å². The molecule has 1 aliphatic rings. The highest BCUT2D eigenvalue weighted by molar-refractivity contribution is 6.00. The van der Waals surface area contributed by atoms with Crippen LogP contribution < -0.4 is 0 Å². The number of fused-ring (bicyclic) bond motifs is 3. The number of hydrogen-bond donors (Lipinski definition) is 0. The van der Waals surface area contributed by atoms with Crippen LogP contribution in [0.2, 0.25) is 0 Å². The Balaban J connectivity index is 2.41. The summed E-state index contributed by atoms with van der Waals surface area (Å²) in [5.74, 6) is 0. The van der Waals surface area contributed by atoms with Crippen LogP contribution in [-0.2, 0) is 0 Å². The summed E-state index contributed by atoms with van der Waals surface area (Å²) in [6, 6.07) is 17.2. The van der Waals surface area contributed by atoms with Gasteiger partial charge in [0.05, 0.1) is 0 Å². The van der Waals surface area contributed by atoms with Crippen molar-refractivity contribution in [3.63, 3.8) is 0 Å². The fraction of sp³-hybridized carbons (Fsp3) is 0.0667. The molecule has 0 unspecified atom stereocenters. The van der Waals surface area contributed by atoms with E-state index < -0.39 is 0 Å². The lowest BCUT2D eigenvalue weighted by molar-refractivity contribution is 1.63. The molecule has 0 fully saturated rings. The Bertz CT molecular complexity index is 500. The van der Waals surface area contributed by atoms with E-state index in [1.807, 2.05) is 0 Å². The number of hydrogen-bond acceptors (Lipinski definition) is 0. The molecule has 2 aromatic carbocycles. The topological polar surface area (TPSA) is 0 Å². The Hall–Kier alpha value is -1.82. The molecule has 0 nitrogen and oxygen atoms in total. The molecule has 0 saturated carbocycles. The Labute approximate surface area is 89.9 Å². The van der Waals surface area contributed by atoms with E-state index in [0.29, 0.717) is 0 Å². The molecule has 1 aliphatic carbocycles. The van der Waals surface area contributed by atoms with Crippen molar-refractivity contribution < 1.29 is 0 Å². The quantitative estimate of drug-likeness (QED) is 0.502. The molecule has 3 rings (SSSR count). The van der Waals surface area contributed by atoms with Crippen molar-refractivity contribution in [1.29, 1.82) is 0 Å². The fourth-order valence-electron chi connectivity index (χ4n) is 2.36. The van der Waals surface area contributed by atoms with E-state index in [2.05, 4.69) is 61.5 Å². The van der Waals surface area contributed by atoms with Gasteiger partial charge in [-0.3, -0.25) is 0 Å². The van der Waals surface area contributed by atoms with Crippen molar-refractivity contribution in [2.75, 3.05) is 0 Å². The SMILES string of the molecule is CC=C1c2ccccc2-c2ccccc21. The fourth-order valence-corrected chi connectivity index (χ4v) is 2.36. The molecule has 0 bridgehead atoms. The van der Waals surface area contributed by atoms with Gasteiger partial charge in [0.1, 0.15) is 0 Å². The zero-order valence-electron chi connectivity index (χ0n) is 8.70. The van der Waals surface area contributed by atoms with Gasteiger partial charge in [0.2, 0.25) is 0 Å². The second kappa shape index (κ2) is 3.09. The smallest absolute Gasteiger partial charge is 0.00991 e. The van der Waals surface area contributed by atoms with E-state index >= 15 is 0 Å². The van der Waals surface area contributed by atoms with Crippen LogP contribution in [-0.4, -0.2) is 0 Å². The van der Waals surface area contributed by atoms with Crippen LogP contribution in [0.4, 0.5) is 0 Å². The third-order valence-electron chi connectivity index (χ3n) is 3.01. The maximum Gasteiger partial charge on any atom is -0.00991 e. The highest BCUT2D eigenvalue weighted by Gasteiger charge is 2.20. The van der Waals surface area contributed by atoms with Gasteiger partial charge in [-0.15, -0.1) is 0 Å². The predicted molar refractivity (Wildman–Crippen MR) is 64.6 cm³/mol. The average Bonchev–Trinajstić information content (AvgIpc) is 2.63. The molecule has 0 spiro atoms. The summed E-state index contributed by atoms with van der Waals surface area (Å²) < 4.78 is 0. The van der Waals surface area contributed by atoms with Gasteiger partial charge in [-0.25, -0.2) is 0 Å². The van der Waals surface area contributed by atoms with Crippen molar-refractivity contribution >= 4 is 5.57 Å². The third-order valence-corrected chi connectivity index (χ3v) is 3.01. The molecule has 0 radical (unpaired) electrons. The summed E-state index contributed by atoms with van der Waals surface area (Å²) in [4.78, 5) is 0. The van der Waals surface area contributed by atoms with Gasteiger partial charge in [-0.2, -0.15) is 0 Å². The van der Waals surface area contributed by atoms with Crippen molar-refractivity contribution in [1.82, 2.24) is 0 Å². The van der Waals surface area contributed by atoms with Crippen LogP contribution in [0, 0.1) is 0 Å². The minimum Gasteiger partial charge on any atom is -0.0791 e. The molecular weight excluding hydrogens is 180 g/mol. The average molecular weight is 192 g/mol. The number of rotatable bonds is 0. The van der Waals surface area contributed by atoms with Crippen LogP contribution in [0.15, 0.2) is 54.6 Å². The first-order valence-corrected chi connectivity index (χ1v) is 5.27. The van der Waals surface area contributed by atoms with Gasteiger partial charge in [0.25, 0.3) is 0 Å². The first kappa shape index (κ1) is 8.49. The van der Waals surface area contributed by atoms with Gasteiger partial charge in [-0.05, 0) is 34.8 Å². The predicted octanol–water partition coefficient (Wildman–Crippen LogP) is 4.12. The maximum atomic E-state index is 2.20. The Kier molecular flexibility index (Phi) is 1.75. The summed E-state index contributed by atoms with van der Waals surface area (Å²) >= 11 is 0. The molecule has 0 heteroatoms. The summed E-state index contributed by atoms with van der Waals surface area (Å²) in [6.45, 7) is 2.11.